The molecule has 2 bridgehead atoms. The third kappa shape index (κ3) is 3.49. The summed E-state index contributed by atoms with van der Waals surface area (Å²) in [5, 5.41) is 0. The van der Waals surface area contributed by atoms with Gasteiger partial charge in [0.1, 0.15) is 11.6 Å². The molecule has 1 heterocycles. The highest BCUT2D eigenvalue weighted by molar-refractivity contribution is 7.89. The number of carbonyl (C=O) groups excluding carboxylic acids is 1. The van der Waals surface area contributed by atoms with Gasteiger partial charge in [0, 0.05) is 32.6 Å². The van der Waals surface area contributed by atoms with E-state index in [-0.39, 0.29) is 32.1 Å². The largest absolute Gasteiger partial charge is 0.340 e. The molecule has 27 heavy (non-hydrogen) atoms. The van der Waals surface area contributed by atoms with Crippen LogP contribution in [-0.4, -0.2) is 49.7 Å². The van der Waals surface area contributed by atoms with E-state index in [0.29, 0.717) is 18.3 Å². The quantitative estimate of drug-likeness (QED) is 0.784. The lowest BCUT2D eigenvalue weighted by Gasteiger charge is -2.35. The van der Waals surface area contributed by atoms with Gasteiger partial charge >= 0.3 is 0 Å². The van der Waals surface area contributed by atoms with Crippen LogP contribution in [-0.2, 0) is 14.8 Å². The van der Waals surface area contributed by atoms with Crippen LogP contribution in [0, 0.1) is 29.4 Å². The fraction of sp³-hybridized carbons (Fsp3) is 0.632. The molecule has 3 fully saturated rings. The number of hydrogen-bond acceptors (Lipinski definition) is 3. The van der Waals surface area contributed by atoms with Gasteiger partial charge in [-0.25, -0.2) is 17.2 Å². The van der Waals surface area contributed by atoms with Crippen molar-refractivity contribution in [1.29, 1.82) is 0 Å². The second-order valence-corrected chi connectivity index (χ2v) is 9.85. The van der Waals surface area contributed by atoms with Gasteiger partial charge in [0.05, 0.1) is 0 Å². The Labute approximate surface area is 158 Å². The molecule has 1 amide bonds. The molecule has 1 saturated heterocycles. The van der Waals surface area contributed by atoms with Crippen molar-refractivity contribution in [1.82, 2.24) is 9.21 Å². The van der Waals surface area contributed by atoms with Crippen molar-refractivity contribution in [2.75, 3.05) is 26.2 Å². The van der Waals surface area contributed by atoms with Crippen molar-refractivity contribution in [3.8, 4) is 0 Å². The lowest BCUT2D eigenvalue weighted by molar-refractivity contribution is -0.133. The van der Waals surface area contributed by atoms with Crippen LogP contribution in [0.3, 0.4) is 0 Å². The monoisotopic (exact) mass is 398 g/mol. The lowest BCUT2D eigenvalue weighted by atomic mass is 9.86. The number of sulfonamides is 1. The molecule has 148 valence electrons. The van der Waals surface area contributed by atoms with Crippen molar-refractivity contribution in [3.05, 3.63) is 29.8 Å². The fourth-order valence-corrected chi connectivity index (χ4v) is 6.55. The van der Waals surface area contributed by atoms with E-state index >= 15 is 0 Å². The molecule has 0 N–H and O–H groups in total. The highest BCUT2D eigenvalue weighted by atomic mass is 32.2. The van der Waals surface area contributed by atoms with Gasteiger partial charge in [-0.3, -0.25) is 4.79 Å². The van der Waals surface area contributed by atoms with Gasteiger partial charge in [0.25, 0.3) is 0 Å². The van der Waals surface area contributed by atoms with Crippen molar-refractivity contribution in [2.45, 2.75) is 37.0 Å². The van der Waals surface area contributed by atoms with Gasteiger partial charge in [0.15, 0.2) is 4.90 Å². The van der Waals surface area contributed by atoms with Crippen LogP contribution in [0.15, 0.2) is 23.1 Å². The molecule has 2 aliphatic carbocycles. The van der Waals surface area contributed by atoms with E-state index in [1.54, 1.807) is 4.90 Å². The van der Waals surface area contributed by atoms with E-state index in [2.05, 4.69) is 0 Å². The first-order chi connectivity index (χ1) is 12.9. The van der Waals surface area contributed by atoms with E-state index < -0.39 is 26.6 Å². The van der Waals surface area contributed by atoms with Crippen LogP contribution in [0.4, 0.5) is 8.78 Å². The van der Waals surface area contributed by atoms with Crippen molar-refractivity contribution >= 4 is 15.9 Å². The van der Waals surface area contributed by atoms with E-state index in [1.165, 1.54) is 19.3 Å². The number of hydrogen-bond donors (Lipinski definition) is 0. The number of fused-ring (bicyclic) bond motifs is 2. The van der Waals surface area contributed by atoms with Crippen molar-refractivity contribution < 1.29 is 22.0 Å². The molecule has 0 aromatic heterocycles. The van der Waals surface area contributed by atoms with Crippen molar-refractivity contribution in [2.24, 2.45) is 17.8 Å². The zero-order chi connectivity index (χ0) is 19.2. The van der Waals surface area contributed by atoms with Crippen molar-refractivity contribution in [3.63, 3.8) is 0 Å². The van der Waals surface area contributed by atoms with Crippen LogP contribution in [0.1, 0.15) is 32.1 Å². The minimum Gasteiger partial charge on any atom is -0.340 e. The summed E-state index contributed by atoms with van der Waals surface area (Å²) in [6.07, 6.45) is 5.44. The highest BCUT2D eigenvalue weighted by Gasteiger charge is 2.41. The standard InChI is InChI=1S/C19H24F2N2O3S/c20-16-2-1-3-17(21)19(16)27(25,26)23-8-6-22(7-9-23)18(24)12-15-11-13-4-5-14(15)10-13/h1-3,13-15H,4-12H2. The smallest absolute Gasteiger partial charge is 0.249 e. The summed E-state index contributed by atoms with van der Waals surface area (Å²) in [5.74, 6) is -0.197. The Morgan fingerprint density at radius 2 is 1.70 bits per heavy atom. The first-order valence-corrected chi connectivity index (χ1v) is 11.0. The number of nitrogens with zero attached hydrogens (tertiary/aromatic N) is 2. The second-order valence-electron chi connectivity index (χ2n) is 7.97. The zero-order valence-corrected chi connectivity index (χ0v) is 15.9. The maximum Gasteiger partial charge on any atom is 0.249 e. The maximum atomic E-state index is 13.9. The summed E-state index contributed by atoms with van der Waals surface area (Å²) in [5.41, 5.74) is 0. The minimum atomic E-state index is -4.26. The predicted molar refractivity (Wildman–Crippen MR) is 95.3 cm³/mol. The summed E-state index contributed by atoms with van der Waals surface area (Å²) in [7, 11) is -4.26. The topological polar surface area (TPSA) is 57.7 Å². The molecule has 0 spiro atoms. The third-order valence-electron chi connectivity index (χ3n) is 6.43. The molecule has 1 aromatic rings. The molecular formula is C19H24F2N2O3S. The average Bonchev–Trinajstić information content (AvgIpc) is 3.24. The van der Waals surface area contributed by atoms with Crippen LogP contribution >= 0.6 is 0 Å². The second kappa shape index (κ2) is 7.13. The van der Waals surface area contributed by atoms with Crippen LogP contribution < -0.4 is 0 Å². The lowest BCUT2D eigenvalue weighted by Crippen LogP contribution is -2.51. The van der Waals surface area contributed by atoms with Gasteiger partial charge < -0.3 is 4.90 Å². The van der Waals surface area contributed by atoms with E-state index in [9.17, 15) is 22.0 Å². The molecule has 1 aliphatic heterocycles. The third-order valence-corrected chi connectivity index (χ3v) is 8.38. The molecular weight excluding hydrogens is 374 g/mol. The summed E-state index contributed by atoms with van der Waals surface area (Å²) >= 11 is 0. The Hall–Kier alpha value is -1.54. The molecule has 1 aromatic carbocycles. The summed E-state index contributed by atoms with van der Waals surface area (Å²) in [4.78, 5) is 13.4. The summed E-state index contributed by atoms with van der Waals surface area (Å²) in [6, 6.07) is 3.01. The van der Waals surface area contributed by atoms with E-state index in [4.69, 9.17) is 0 Å². The molecule has 4 rings (SSSR count). The Kier molecular flexibility index (Phi) is 4.96. The van der Waals surface area contributed by atoms with E-state index in [1.807, 2.05) is 0 Å². The Morgan fingerprint density at radius 3 is 2.26 bits per heavy atom. The molecule has 3 atom stereocenters. The Balaban J connectivity index is 1.38. The van der Waals surface area contributed by atoms with Gasteiger partial charge in [0.2, 0.25) is 15.9 Å². The highest BCUT2D eigenvalue weighted by Crippen LogP contribution is 2.49. The molecule has 3 unspecified atom stereocenters. The molecule has 5 nitrogen and oxygen atoms in total. The van der Waals surface area contributed by atoms with E-state index in [0.717, 1.165) is 34.8 Å². The average molecular weight is 398 g/mol. The first-order valence-electron chi connectivity index (χ1n) is 9.58. The number of carbonyl (C=O) groups is 1. The Morgan fingerprint density at radius 1 is 1.04 bits per heavy atom. The zero-order valence-electron chi connectivity index (χ0n) is 15.1. The summed E-state index contributed by atoms with van der Waals surface area (Å²) in [6.45, 7) is 0.626. The van der Waals surface area contributed by atoms with Gasteiger partial charge in [-0.1, -0.05) is 12.5 Å². The number of benzene rings is 1. The number of rotatable bonds is 4. The van der Waals surface area contributed by atoms with Crippen LogP contribution in [0.2, 0.25) is 0 Å². The number of piperazine rings is 1. The molecule has 8 heteroatoms. The molecule has 0 radical (unpaired) electrons. The minimum absolute atomic E-state index is 0.0541. The summed E-state index contributed by atoms with van der Waals surface area (Å²) < 4.78 is 54.1. The SMILES string of the molecule is O=C(CC1CC2CCC1C2)N1CCN(S(=O)(=O)c2c(F)cccc2F)CC1. The normalized spacial score (nSPS) is 28.7. The predicted octanol–water partition coefficient (Wildman–Crippen LogP) is 2.62. The first kappa shape index (κ1) is 18.8. The van der Waals surface area contributed by atoms with Crippen LogP contribution in [0.25, 0.3) is 0 Å². The van der Waals surface area contributed by atoms with Crippen LogP contribution in [0.5, 0.6) is 0 Å². The number of amides is 1. The maximum absolute atomic E-state index is 13.9. The van der Waals surface area contributed by atoms with Gasteiger partial charge in [-0.15, -0.1) is 0 Å². The van der Waals surface area contributed by atoms with Gasteiger partial charge in [-0.05, 0) is 49.1 Å². The number of halogens is 2. The molecule has 2 saturated carbocycles. The Bertz CT molecular complexity index is 817. The molecule has 3 aliphatic rings. The van der Waals surface area contributed by atoms with Gasteiger partial charge in [-0.2, -0.15) is 4.31 Å². The fourth-order valence-electron chi connectivity index (χ4n) is 5.02.